The first-order valence-electron chi connectivity index (χ1n) is 6.09. The summed E-state index contributed by atoms with van der Waals surface area (Å²) in [6.07, 6.45) is 2.78. The Labute approximate surface area is 103 Å². The molecule has 0 N–H and O–H groups in total. The van der Waals surface area contributed by atoms with Crippen LogP contribution >= 0.6 is 0 Å². The minimum Gasteiger partial charge on any atom is -0.447 e. The van der Waals surface area contributed by atoms with Gasteiger partial charge in [-0.25, -0.2) is 9.69 Å². The topological polar surface area (TPSA) is 46.6 Å². The van der Waals surface area contributed by atoms with Crippen molar-refractivity contribution in [2.45, 2.75) is 39.7 Å². The Morgan fingerprint density at radius 1 is 1.59 bits per heavy atom. The summed E-state index contributed by atoms with van der Waals surface area (Å²) in [5.41, 5.74) is 0. The fourth-order valence-corrected chi connectivity index (χ4v) is 1.91. The van der Waals surface area contributed by atoms with Crippen LogP contribution in [-0.2, 0) is 9.53 Å². The molecule has 0 bridgehead atoms. The standard InChI is InChI=1S/C13H21NO3/c1-5-6-7-10(4)12(15)14-11(9(2)3)8-17-13(14)16/h5,9-11H,1,6-8H2,2-4H3/t10-,11+/m0/s1. The van der Waals surface area contributed by atoms with Crippen LogP contribution in [0.4, 0.5) is 4.79 Å². The average Bonchev–Trinajstić information content (AvgIpc) is 2.67. The lowest BCUT2D eigenvalue weighted by molar-refractivity contribution is -0.133. The smallest absolute Gasteiger partial charge is 0.416 e. The zero-order valence-corrected chi connectivity index (χ0v) is 10.8. The van der Waals surface area contributed by atoms with Gasteiger partial charge in [-0.2, -0.15) is 0 Å². The molecule has 1 aliphatic rings. The van der Waals surface area contributed by atoms with E-state index in [0.29, 0.717) is 6.61 Å². The van der Waals surface area contributed by atoms with Crippen molar-refractivity contribution in [3.63, 3.8) is 0 Å². The summed E-state index contributed by atoms with van der Waals surface area (Å²) in [6, 6.07) is -0.124. The first-order valence-corrected chi connectivity index (χ1v) is 6.09. The van der Waals surface area contributed by atoms with Crippen LogP contribution in [0.2, 0.25) is 0 Å². The first-order chi connectivity index (χ1) is 7.99. The molecule has 0 aromatic rings. The van der Waals surface area contributed by atoms with E-state index in [1.807, 2.05) is 20.8 Å². The monoisotopic (exact) mass is 239 g/mol. The highest BCUT2D eigenvalue weighted by Crippen LogP contribution is 2.23. The van der Waals surface area contributed by atoms with Crippen LogP contribution in [0.3, 0.4) is 0 Å². The molecule has 1 fully saturated rings. The Kier molecular flexibility index (Phi) is 4.73. The van der Waals surface area contributed by atoms with E-state index >= 15 is 0 Å². The van der Waals surface area contributed by atoms with Crippen LogP contribution in [0.15, 0.2) is 12.7 Å². The quantitative estimate of drug-likeness (QED) is 0.693. The van der Waals surface area contributed by atoms with Crippen molar-refractivity contribution in [3.05, 3.63) is 12.7 Å². The number of carbonyl (C=O) groups excluding carboxylic acids is 2. The molecule has 0 aromatic carbocycles. The summed E-state index contributed by atoms with van der Waals surface area (Å²) >= 11 is 0. The predicted molar refractivity (Wildman–Crippen MR) is 65.4 cm³/mol. The van der Waals surface area contributed by atoms with Gasteiger partial charge in [0.1, 0.15) is 6.61 Å². The first kappa shape index (κ1) is 13.7. The molecule has 1 saturated heterocycles. The molecule has 0 aliphatic carbocycles. The molecule has 2 atom stereocenters. The molecule has 0 aromatic heterocycles. The van der Waals surface area contributed by atoms with Gasteiger partial charge in [-0.3, -0.25) is 4.79 Å². The predicted octanol–water partition coefficient (Wildman–Crippen LogP) is 2.59. The number of allylic oxidation sites excluding steroid dienone is 1. The van der Waals surface area contributed by atoms with E-state index in [4.69, 9.17) is 4.74 Å². The second-order valence-electron chi connectivity index (χ2n) is 4.86. The highest BCUT2D eigenvalue weighted by Gasteiger charge is 2.40. The molecule has 96 valence electrons. The number of hydrogen-bond donors (Lipinski definition) is 0. The van der Waals surface area contributed by atoms with Crippen LogP contribution in [-0.4, -0.2) is 29.5 Å². The molecule has 4 nitrogen and oxygen atoms in total. The fourth-order valence-electron chi connectivity index (χ4n) is 1.91. The lowest BCUT2D eigenvalue weighted by Crippen LogP contribution is -2.44. The maximum Gasteiger partial charge on any atom is 0.416 e. The summed E-state index contributed by atoms with van der Waals surface area (Å²) in [6.45, 7) is 9.76. The zero-order chi connectivity index (χ0) is 13.0. The Balaban J connectivity index is 2.71. The molecule has 2 amide bonds. The van der Waals surface area contributed by atoms with Gasteiger partial charge in [-0.1, -0.05) is 26.8 Å². The van der Waals surface area contributed by atoms with Gasteiger partial charge in [0.05, 0.1) is 6.04 Å². The largest absolute Gasteiger partial charge is 0.447 e. The van der Waals surface area contributed by atoms with Gasteiger partial charge in [0, 0.05) is 5.92 Å². The molecule has 1 aliphatic heterocycles. The number of nitrogens with zero attached hydrogens (tertiary/aromatic N) is 1. The third-order valence-electron chi connectivity index (χ3n) is 3.14. The van der Waals surface area contributed by atoms with Gasteiger partial charge in [0.2, 0.25) is 5.91 Å². The minimum atomic E-state index is -0.501. The minimum absolute atomic E-state index is 0.124. The van der Waals surface area contributed by atoms with Crippen molar-refractivity contribution in [1.29, 1.82) is 0 Å². The van der Waals surface area contributed by atoms with Crippen molar-refractivity contribution in [2.75, 3.05) is 6.61 Å². The van der Waals surface area contributed by atoms with Crippen LogP contribution in [0.25, 0.3) is 0 Å². The number of amides is 2. The van der Waals surface area contributed by atoms with Gasteiger partial charge in [0.15, 0.2) is 0 Å². The van der Waals surface area contributed by atoms with Crippen molar-refractivity contribution >= 4 is 12.0 Å². The highest BCUT2D eigenvalue weighted by molar-refractivity contribution is 5.94. The number of imide groups is 1. The Hall–Kier alpha value is -1.32. The molecular formula is C13H21NO3. The van der Waals surface area contributed by atoms with E-state index in [1.54, 1.807) is 6.08 Å². The van der Waals surface area contributed by atoms with E-state index in [-0.39, 0.29) is 23.8 Å². The van der Waals surface area contributed by atoms with Crippen LogP contribution in [0, 0.1) is 11.8 Å². The Morgan fingerprint density at radius 3 is 2.76 bits per heavy atom. The second-order valence-corrected chi connectivity index (χ2v) is 4.86. The van der Waals surface area contributed by atoms with Crippen molar-refractivity contribution in [3.8, 4) is 0 Å². The molecule has 1 rings (SSSR count). The number of cyclic esters (lactones) is 1. The fraction of sp³-hybridized carbons (Fsp3) is 0.692. The summed E-state index contributed by atoms with van der Waals surface area (Å²) in [7, 11) is 0. The van der Waals surface area contributed by atoms with E-state index in [2.05, 4.69) is 6.58 Å². The van der Waals surface area contributed by atoms with Gasteiger partial charge in [-0.05, 0) is 18.8 Å². The van der Waals surface area contributed by atoms with Gasteiger partial charge in [0.25, 0.3) is 0 Å². The summed E-state index contributed by atoms with van der Waals surface area (Å²) in [5, 5.41) is 0. The second kappa shape index (κ2) is 5.84. The normalized spacial score (nSPS) is 21.5. The molecule has 0 radical (unpaired) electrons. The van der Waals surface area contributed by atoms with E-state index in [0.717, 1.165) is 12.8 Å². The third-order valence-corrected chi connectivity index (χ3v) is 3.14. The lowest BCUT2D eigenvalue weighted by atomic mass is 10.00. The summed E-state index contributed by atoms with van der Waals surface area (Å²) in [4.78, 5) is 25.0. The van der Waals surface area contributed by atoms with Crippen molar-refractivity contribution in [2.24, 2.45) is 11.8 Å². The van der Waals surface area contributed by atoms with Crippen LogP contribution in [0.5, 0.6) is 0 Å². The molecule has 17 heavy (non-hydrogen) atoms. The number of ether oxygens (including phenoxy) is 1. The molecule has 4 heteroatoms. The third kappa shape index (κ3) is 3.08. The SMILES string of the molecule is C=CCC[C@H](C)C(=O)N1C(=O)OC[C@@H]1C(C)C. The maximum atomic E-state index is 12.2. The Bertz CT molecular complexity index is 312. The summed E-state index contributed by atoms with van der Waals surface area (Å²) in [5.74, 6) is -0.0787. The van der Waals surface area contributed by atoms with Gasteiger partial charge in [-0.15, -0.1) is 6.58 Å². The van der Waals surface area contributed by atoms with Gasteiger partial charge < -0.3 is 4.74 Å². The molecular weight excluding hydrogens is 218 g/mol. The molecule has 1 heterocycles. The molecule has 0 saturated carbocycles. The van der Waals surface area contributed by atoms with E-state index in [1.165, 1.54) is 4.90 Å². The van der Waals surface area contributed by atoms with E-state index < -0.39 is 6.09 Å². The molecule has 0 unspecified atom stereocenters. The average molecular weight is 239 g/mol. The highest BCUT2D eigenvalue weighted by atomic mass is 16.6. The number of rotatable bonds is 5. The lowest BCUT2D eigenvalue weighted by Gasteiger charge is -2.25. The van der Waals surface area contributed by atoms with Gasteiger partial charge >= 0.3 is 6.09 Å². The van der Waals surface area contributed by atoms with Crippen LogP contribution < -0.4 is 0 Å². The van der Waals surface area contributed by atoms with Crippen molar-refractivity contribution in [1.82, 2.24) is 4.90 Å². The maximum absolute atomic E-state index is 12.2. The Morgan fingerprint density at radius 2 is 2.24 bits per heavy atom. The number of carbonyl (C=O) groups is 2. The van der Waals surface area contributed by atoms with Crippen LogP contribution in [0.1, 0.15) is 33.6 Å². The van der Waals surface area contributed by atoms with Crippen molar-refractivity contribution < 1.29 is 14.3 Å². The zero-order valence-electron chi connectivity index (χ0n) is 10.8. The van der Waals surface area contributed by atoms with E-state index in [9.17, 15) is 9.59 Å². The molecule has 0 spiro atoms. The number of hydrogen-bond acceptors (Lipinski definition) is 3. The summed E-state index contributed by atoms with van der Waals surface area (Å²) < 4.78 is 4.96.